The molecule has 1 aromatic carbocycles. The second-order valence-electron chi connectivity index (χ2n) is 3.43. The molecule has 0 bridgehead atoms. The molecule has 15 heavy (non-hydrogen) atoms. The number of rotatable bonds is 4. The second kappa shape index (κ2) is 5.44. The van der Waals surface area contributed by atoms with Gasteiger partial charge in [-0.15, -0.1) is 0 Å². The van der Waals surface area contributed by atoms with Gasteiger partial charge < -0.3 is 9.84 Å². The Kier molecular flexibility index (Phi) is 4.22. The van der Waals surface area contributed by atoms with E-state index in [4.69, 9.17) is 4.74 Å². The van der Waals surface area contributed by atoms with E-state index in [1.54, 1.807) is 13.0 Å². The molecule has 1 rings (SSSR count). The van der Waals surface area contributed by atoms with Gasteiger partial charge in [-0.2, -0.15) is 0 Å². The number of carbonyl (C=O) groups is 1. The number of hydrogen-bond acceptors (Lipinski definition) is 3. The number of phenolic OH excluding ortho intramolecular Hbond substituents is 1. The van der Waals surface area contributed by atoms with E-state index in [0.717, 1.165) is 11.0 Å². The zero-order chi connectivity index (χ0) is 11.3. The number of ether oxygens (including phenoxy) is 1. The number of esters is 1. The van der Waals surface area contributed by atoms with E-state index in [-0.39, 0.29) is 11.7 Å². The van der Waals surface area contributed by atoms with Crippen LogP contribution in [-0.2, 0) is 16.0 Å². The normalized spacial score (nSPS) is 9.93. The number of hydrogen-bond donors (Lipinski definition) is 1. The topological polar surface area (TPSA) is 46.5 Å². The van der Waals surface area contributed by atoms with Crippen molar-refractivity contribution < 1.29 is 14.6 Å². The molecule has 0 radical (unpaired) electrons. The Morgan fingerprint density at radius 1 is 1.53 bits per heavy atom. The Labute approximate surface area is 90.5 Å². The number of benzene rings is 1. The van der Waals surface area contributed by atoms with E-state index in [2.05, 4.69) is 0 Å². The minimum atomic E-state index is -0.197. The van der Waals surface area contributed by atoms with Gasteiger partial charge in [0.05, 0.1) is 6.61 Å². The number of aryl methyl sites for hydroxylation is 1. The van der Waals surface area contributed by atoms with Crippen LogP contribution in [0.5, 0.6) is 5.75 Å². The lowest BCUT2D eigenvalue weighted by Gasteiger charge is -2.04. The van der Waals surface area contributed by atoms with Gasteiger partial charge in [-0.3, -0.25) is 4.79 Å². The van der Waals surface area contributed by atoms with Crippen molar-refractivity contribution in [1.82, 2.24) is 0 Å². The summed E-state index contributed by atoms with van der Waals surface area (Å²) in [5, 5.41) is 9.45. The molecule has 0 atom stereocenters. The molecule has 0 saturated carbocycles. The Morgan fingerprint density at radius 2 is 2.27 bits per heavy atom. The van der Waals surface area contributed by atoms with Crippen molar-refractivity contribution in [1.29, 1.82) is 0 Å². The van der Waals surface area contributed by atoms with Gasteiger partial charge in [0.1, 0.15) is 13.6 Å². The first-order chi connectivity index (χ1) is 7.13. The third-order valence-corrected chi connectivity index (χ3v) is 2.20. The molecular weight excluding hydrogens is 191 g/mol. The Bertz CT molecular complexity index is 350. The highest BCUT2D eigenvalue weighted by Gasteiger charge is 2.03. The largest absolute Gasteiger partial charge is 0.509 e. The summed E-state index contributed by atoms with van der Waals surface area (Å²) in [5.41, 5.74) is 1.79. The van der Waals surface area contributed by atoms with Crippen LogP contribution in [0.1, 0.15) is 18.9 Å². The predicted molar refractivity (Wildman–Crippen MR) is 61.2 cm³/mol. The highest BCUT2D eigenvalue weighted by Crippen LogP contribution is 2.10. The van der Waals surface area contributed by atoms with Gasteiger partial charge in [0.25, 0.3) is 0 Å². The van der Waals surface area contributed by atoms with E-state index in [1.807, 2.05) is 20.0 Å². The second-order valence-corrected chi connectivity index (χ2v) is 3.43. The summed E-state index contributed by atoms with van der Waals surface area (Å²) in [6.07, 6.45) is 0.961. The fourth-order valence-corrected chi connectivity index (χ4v) is 1.29. The van der Waals surface area contributed by atoms with E-state index in [0.29, 0.717) is 19.4 Å². The summed E-state index contributed by atoms with van der Waals surface area (Å²) in [6, 6.07) is 5.44. The average molecular weight is 206 g/mol. The molecule has 0 spiro atoms. The predicted octanol–water partition coefficient (Wildman–Crippen LogP) is 0.146. The van der Waals surface area contributed by atoms with E-state index >= 15 is 0 Å². The smallest absolute Gasteiger partial charge is 0.306 e. The lowest BCUT2D eigenvalue weighted by molar-refractivity contribution is -0.143. The van der Waals surface area contributed by atoms with Gasteiger partial charge >= 0.3 is 5.97 Å². The molecule has 0 aliphatic heterocycles. The van der Waals surface area contributed by atoms with Gasteiger partial charge in [-0.25, -0.2) is 0 Å². The Morgan fingerprint density at radius 3 is 2.87 bits per heavy atom. The zero-order valence-corrected chi connectivity index (χ0v) is 9.12. The third-order valence-electron chi connectivity index (χ3n) is 2.20. The molecular formula is C11H15BO3. The molecule has 0 amide bonds. The van der Waals surface area contributed by atoms with Crippen LogP contribution in [0, 0.1) is 0 Å². The minimum absolute atomic E-state index is 0.197. The van der Waals surface area contributed by atoms with Crippen LogP contribution in [0.25, 0.3) is 0 Å². The SMILES string of the molecule is Bc1ccc(CCC(=O)OCC)cc1O. The zero-order valence-electron chi connectivity index (χ0n) is 9.12. The van der Waals surface area contributed by atoms with Crippen LogP contribution in [0.4, 0.5) is 0 Å². The fourth-order valence-electron chi connectivity index (χ4n) is 1.29. The van der Waals surface area contributed by atoms with E-state index in [1.165, 1.54) is 0 Å². The Balaban J connectivity index is 2.51. The van der Waals surface area contributed by atoms with Crippen LogP contribution in [0.15, 0.2) is 18.2 Å². The van der Waals surface area contributed by atoms with Gasteiger partial charge in [0.2, 0.25) is 0 Å². The summed E-state index contributed by atoms with van der Waals surface area (Å²) < 4.78 is 4.82. The molecule has 0 aromatic heterocycles. The Hall–Kier alpha value is -1.45. The van der Waals surface area contributed by atoms with Gasteiger partial charge in [-0.1, -0.05) is 12.1 Å². The lowest BCUT2D eigenvalue weighted by atomic mass is 9.93. The first-order valence-electron chi connectivity index (χ1n) is 5.07. The molecule has 0 aliphatic rings. The van der Waals surface area contributed by atoms with Crippen molar-refractivity contribution in [2.24, 2.45) is 0 Å². The molecule has 0 fully saturated rings. The number of carbonyl (C=O) groups excluding carboxylic acids is 1. The molecule has 0 saturated heterocycles. The minimum Gasteiger partial charge on any atom is -0.509 e. The van der Waals surface area contributed by atoms with Gasteiger partial charge in [0.15, 0.2) is 0 Å². The molecule has 1 N–H and O–H groups in total. The molecule has 1 aromatic rings. The summed E-state index contributed by atoms with van der Waals surface area (Å²) in [7, 11) is 1.84. The van der Waals surface area contributed by atoms with Crippen LogP contribution < -0.4 is 5.46 Å². The molecule has 0 aliphatic carbocycles. The van der Waals surface area contributed by atoms with Crippen molar-refractivity contribution in [3.8, 4) is 5.75 Å². The first-order valence-corrected chi connectivity index (χ1v) is 5.07. The van der Waals surface area contributed by atoms with E-state index in [9.17, 15) is 9.90 Å². The lowest BCUT2D eigenvalue weighted by Crippen LogP contribution is -2.06. The summed E-state index contributed by atoms with van der Waals surface area (Å²) in [5.74, 6) is 0.0777. The summed E-state index contributed by atoms with van der Waals surface area (Å²) in [6.45, 7) is 2.20. The molecule has 3 nitrogen and oxygen atoms in total. The van der Waals surface area contributed by atoms with Gasteiger partial charge in [-0.05, 0) is 30.4 Å². The third kappa shape index (κ3) is 3.66. The summed E-state index contributed by atoms with van der Waals surface area (Å²) in [4.78, 5) is 11.1. The highest BCUT2D eigenvalue weighted by molar-refractivity contribution is 6.34. The van der Waals surface area contributed by atoms with Crippen molar-refractivity contribution >= 4 is 19.3 Å². The van der Waals surface area contributed by atoms with Crippen molar-refractivity contribution in [2.75, 3.05) is 6.61 Å². The maximum atomic E-state index is 11.1. The molecule has 80 valence electrons. The molecule has 4 heteroatoms. The quantitative estimate of drug-likeness (QED) is 0.563. The number of aromatic hydroxyl groups is 1. The standard InChI is InChI=1S/C11H15BO3/c1-2-15-11(14)6-4-8-3-5-9(12)10(13)7-8/h3,5,7,13H,2,4,6,12H2,1H3. The monoisotopic (exact) mass is 206 g/mol. The fraction of sp³-hybridized carbons (Fsp3) is 0.364. The highest BCUT2D eigenvalue weighted by atomic mass is 16.5. The van der Waals surface area contributed by atoms with Crippen molar-refractivity contribution in [3.63, 3.8) is 0 Å². The first kappa shape index (κ1) is 11.6. The maximum Gasteiger partial charge on any atom is 0.306 e. The van der Waals surface area contributed by atoms with Crippen LogP contribution in [0.2, 0.25) is 0 Å². The average Bonchev–Trinajstić information content (AvgIpc) is 2.20. The van der Waals surface area contributed by atoms with Crippen LogP contribution in [0.3, 0.4) is 0 Å². The van der Waals surface area contributed by atoms with Crippen LogP contribution >= 0.6 is 0 Å². The number of phenols is 1. The van der Waals surface area contributed by atoms with Gasteiger partial charge in [0, 0.05) is 6.42 Å². The molecule has 0 heterocycles. The molecule has 0 unspecified atom stereocenters. The van der Waals surface area contributed by atoms with E-state index < -0.39 is 0 Å². The van der Waals surface area contributed by atoms with Crippen molar-refractivity contribution in [3.05, 3.63) is 23.8 Å². The maximum absolute atomic E-state index is 11.1. The van der Waals surface area contributed by atoms with Crippen molar-refractivity contribution in [2.45, 2.75) is 19.8 Å². The summed E-state index contributed by atoms with van der Waals surface area (Å²) >= 11 is 0. The van der Waals surface area contributed by atoms with Crippen LogP contribution in [-0.4, -0.2) is 25.5 Å².